The maximum atomic E-state index is 3.41. The second-order valence-electron chi connectivity index (χ2n) is 5.58. The smallest absolute Gasteiger partial charge is 0.0438 e. The standard InChI is InChI=1S/C14H24N4P2/c1-9-15-16-10(2)19(9)13-7-5-6-8-14(13)20-11(3)17-18-12(20)4/h5-12,15-18H,1-4H3/t9-,10-,11-,12-/m0/s1. The van der Waals surface area contributed by atoms with Crippen molar-refractivity contribution in [2.24, 2.45) is 0 Å². The molecule has 4 N–H and O–H groups in total. The van der Waals surface area contributed by atoms with Crippen LogP contribution in [0.1, 0.15) is 27.7 Å². The Labute approximate surface area is 123 Å². The van der Waals surface area contributed by atoms with Crippen LogP contribution in [0, 0.1) is 0 Å². The molecule has 0 amide bonds. The molecule has 2 saturated heterocycles. The first kappa shape index (κ1) is 14.8. The molecule has 1 aromatic rings. The Hall–Kier alpha value is -0.0800. The first-order valence-electron chi connectivity index (χ1n) is 7.27. The van der Waals surface area contributed by atoms with Crippen LogP contribution in [0.25, 0.3) is 0 Å². The number of hydrazine groups is 2. The molecule has 110 valence electrons. The lowest BCUT2D eigenvalue weighted by Crippen LogP contribution is -2.30. The quantitative estimate of drug-likeness (QED) is 0.625. The van der Waals surface area contributed by atoms with Crippen LogP contribution in [0.3, 0.4) is 0 Å². The van der Waals surface area contributed by atoms with E-state index in [0.29, 0.717) is 23.1 Å². The van der Waals surface area contributed by atoms with Crippen molar-refractivity contribution in [2.45, 2.75) is 50.8 Å². The summed E-state index contributed by atoms with van der Waals surface area (Å²) in [6.45, 7) is 9.18. The van der Waals surface area contributed by atoms with E-state index in [0.717, 1.165) is 0 Å². The van der Waals surface area contributed by atoms with Crippen LogP contribution in [0.15, 0.2) is 24.3 Å². The fourth-order valence-corrected chi connectivity index (χ4v) is 8.92. The molecule has 2 aliphatic heterocycles. The van der Waals surface area contributed by atoms with Crippen LogP contribution < -0.4 is 32.3 Å². The van der Waals surface area contributed by atoms with E-state index in [1.165, 1.54) is 0 Å². The van der Waals surface area contributed by atoms with Crippen LogP contribution in [0.5, 0.6) is 0 Å². The maximum Gasteiger partial charge on any atom is 0.0438 e. The van der Waals surface area contributed by atoms with Crippen molar-refractivity contribution in [3.63, 3.8) is 0 Å². The van der Waals surface area contributed by atoms with Crippen molar-refractivity contribution in [3.05, 3.63) is 24.3 Å². The van der Waals surface area contributed by atoms with Gasteiger partial charge in [0.15, 0.2) is 0 Å². The zero-order valence-electron chi connectivity index (χ0n) is 12.5. The average molecular weight is 310 g/mol. The predicted octanol–water partition coefficient (Wildman–Crippen LogP) is 1.50. The van der Waals surface area contributed by atoms with Gasteiger partial charge in [-0.15, -0.1) is 0 Å². The van der Waals surface area contributed by atoms with Gasteiger partial charge in [0, 0.05) is 23.1 Å². The Balaban J connectivity index is 2.00. The molecule has 0 spiro atoms. The summed E-state index contributed by atoms with van der Waals surface area (Å²) in [7, 11) is -0.398. The highest BCUT2D eigenvalue weighted by molar-refractivity contribution is 7.73. The molecule has 20 heavy (non-hydrogen) atoms. The first-order valence-corrected chi connectivity index (χ1v) is 10.2. The summed E-state index contributed by atoms with van der Waals surface area (Å²) in [5.41, 5.74) is 13.7. The minimum absolute atomic E-state index is 0.199. The summed E-state index contributed by atoms with van der Waals surface area (Å²) in [6, 6.07) is 9.09. The highest BCUT2D eigenvalue weighted by atomic mass is 31.1. The SMILES string of the molecule is C[C@H]1NN[C@H](C)P1c1ccccc1P1[C@@H](C)NN[C@@H]1C. The van der Waals surface area contributed by atoms with E-state index in [2.05, 4.69) is 73.7 Å². The molecule has 6 heteroatoms. The zero-order valence-corrected chi connectivity index (χ0v) is 14.3. The van der Waals surface area contributed by atoms with Gasteiger partial charge in [0.05, 0.1) is 0 Å². The Morgan fingerprint density at radius 2 is 0.950 bits per heavy atom. The van der Waals surface area contributed by atoms with Crippen LogP contribution in [0.4, 0.5) is 0 Å². The number of benzene rings is 1. The molecule has 1 aromatic carbocycles. The molecule has 0 unspecified atom stereocenters. The molecule has 0 saturated carbocycles. The fraction of sp³-hybridized carbons (Fsp3) is 0.571. The zero-order chi connectivity index (χ0) is 14.3. The molecule has 0 aliphatic carbocycles. The topological polar surface area (TPSA) is 48.1 Å². The molecule has 0 aromatic heterocycles. The van der Waals surface area contributed by atoms with Crippen molar-refractivity contribution < 1.29 is 0 Å². The van der Waals surface area contributed by atoms with Gasteiger partial charge in [0.1, 0.15) is 0 Å². The molecule has 2 fully saturated rings. The van der Waals surface area contributed by atoms with Gasteiger partial charge in [-0.3, -0.25) is 0 Å². The summed E-state index contributed by atoms with van der Waals surface area (Å²) in [4.78, 5) is 0. The molecular formula is C14H24N4P2. The Morgan fingerprint density at radius 3 is 1.25 bits per heavy atom. The summed E-state index contributed by atoms with van der Waals surface area (Å²) >= 11 is 0. The minimum atomic E-state index is -0.199. The number of nitrogens with one attached hydrogen (secondary N) is 4. The third-order valence-corrected chi connectivity index (χ3v) is 10.0. The lowest BCUT2D eigenvalue weighted by atomic mass is 10.4. The lowest BCUT2D eigenvalue weighted by Gasteiger charge is -2.27. The van der Waals surface area contributed by atoms with Crippen molar-refractivity contribution in [1.29, 1.82) is 0 Å². The molecule has 3 rings (SSSR count). The van der Waals surface area contributed by atoms with E-state index in [1.54, 1.807) is 10.6 Å². The van der Waals surface area contributed by atoms with Crippen LogP contribution >= 0.6 is 15.8 Å². The summed E-state index contributed by atoms with van der Waals surface area (Å²) in [5, 5.41) is 3.16. The van der Waals surface area contributed by atoms with Crippen molar-refractivity contribution in [2.75, 3.05) is 0 Å². The summed E-state index contributed by atoms with van der Waals surface area (Å²) < 4.78 is 0. The molecule has 2 aliphatic rings. The van der Waals surface area contributed by atoms with Gasteiger partial charge in [-0.05, 0) is 54.1 Å². The van der Waals surface area contributed by atoms with Gasteiger partial charge in [0.2, 0.25) is 0 Å². The number of hydrogen-bond acceptors (Lipinski definition) is 4. The number of hydrogen-bond donors (Lipinski definition) is 4. The third kappa shape index (κ3) is 2.54. The second-order valence-corrected chi connectivity index (χ2v) is 11.3. The van der Waals surface area contributed by atoms with Crippen LogP contribution in [0.2, 0.25) is 0 Å². The normalized spacial score (nSPS) is 35.8. The van der Waals surface area contributed by atoms with Gasteiger partial charge >= 0.3 is 0 Å². The Bertz CT molecular complexity index is 421. The minimum Gasteiger partial charge on any atom is -0.250 e. The fourth-order valence-electron chi connectivity index (χ4n) is 3.17. The largest absolute Gasteiger partial charge is 0.250 e. The van der Waals surface area contributed by atoms with Gasteiger partial charge in [0.25, 0.3) is 0 Å². The third-order valence-electron chi connectivity index (χ3n) is 4.11. The first-order chi connectivity index (χ1) is 9.59. The van der Waals surface area contributed by atoms with Crippen molar-refractivity contribution >= 4 is 26.5 Å². The second kappa shape index (κ2) is 5.96. The van der Waals surface area contributed by atoms with Crippen molar-refractivity contribution in [3.8, 4) is 0 Å². The molecule has 4 atom stereocenters. The van der Waals surface area contributed by atoms with Crippen LogP contribution in [-0.2, 0) is 0 Å². The molecular weight excluding hydrogens is 286 g/mol. The lowest BCUT2D eigenvalue weighted by molar-refractivity contribution is 0.567. The maximum absolute atomic E-state index is 3.41. The number of rotatable bonds is 2. The van der Waals surface area contributed by atoms with Crippen LogP contribution in [-0.4, -0.2) is 23.1 Å². The van der Waals surface area contributed by atoms with E-state index in [-0.39, 0.29) is 15.8 Å². The van der Waals surface area contributed by atoms with Gasteiger partial charge < -0.3 is 0 Å². The summed E-state index contributed by atoms with van der Waals surface area (Å²) in [5.74, 6) is 2.13. The van der Waals surface area contributed by atoms with Gasteiger partial charge in [-0.2, -0.15) is 0 Å². The van der Waals surface area contributed by atoms with Gasteiger partial charge in [-0.25, -0.2) is 21.7 Å². The monoisotopic (exact) mass is 310 g/mol. The van der Waals surface area contributed by atoms with E-state index in [4.69, 9.17) is 0 Å². The van der Waals surface area contributed by atoms with Gasteiger partial charge in [-0.1, -0.05) is 24.3 Å². The van der Waals surface area contributed by atoms with E-state index < -0.39 is 0 Å². The van der Waals surface area contributed by atoms with Crippen molar-refractivity contribution in [1.82, 2.24) is 21.7 Å². The predicted molar refractivity (Wildman–Crippen MR) is 89.9 cm³/mol. The summed E-state index contributed by atoms with van der Waals surface area (Å²) in [6.07, 6.45) is 0. The molecule has 0 radical (unpaired) electrons. The van der Waals surface area contributed by atoms with E-state index >= 15 is 0 Å². The highest BCUT2D eigenvalue weighted by Crippen LogP contribution is 2.51. The Kier molecular flexibility index (Phi) is 4.42. The molecule has 2 heterocycles. The average Bonchev–Trinajstić information content (AvgIpc) is 2.93. The van der Waals surface area contributed by atoms with E-state index in [9.17, 15) is 0 Å². The highest BCUT2D eigenvalue weighted by Gasteiger charge is 2.37. The molecule has 4 nitrogen and oxygen atoms in total. The molecule has 0 bridgehead atoms. The van der Waals surface area contributed by atoms with E-state index in [1.807, 2.05) is 0 Å². The Morgan fingerprint density at radius 1 is 0.650 bits per heavy atom.